The summed E-state index contributed by atoms with van der Waals surface area (Å²) in [5, 5.41) is 10.7. The zero-order chi connectivity index (χ0) is 19.0. The Balaban J connectivity index is 1.69. The molecule has 4 nitrogen and oxygen atoms in total. The zero-order valence-electron chi connectivity index (χ0n) is 15.6. The van der Waals surface area contributed by atoms with E-state index in [1.165, 1.54) is 0 Å². The van der Waals surface area contributed by atoms with Gasteiger partial charge in [-0.1, -0.05) is 24.3 Å². The van der Waals surface area contributed by atoms with Crippen molar-refractivity contribution in [1.82, 2.24) is 9.88 Å². The first kappa shape index (κ1) is 17.3. The summed E-state index contributed by atoms with van der Waals surface area (Å²) in [4.78, 5) is 19.7. The highest BCUT2D eigenvalue weighted by atomic mass is 16.3. The Morgan fingerprint density at radius 3 is 2.81 bits per heavy atom. The van der Waals surface area contributed by atoms with E-state index in [1.54, 1.807) is 18.3 Å². The van der Waals surface area contributed by atoms with Gasteiger partial charge < -0.3 is 10.0 Å². The number of amides is 1. The molecule has 4 rings (SSSR count). The predicted octanol–water partition coefficient (Wildman–Crippen LogP) is 4.49. The largest absolute Gasteiger partial charge is 0.508 e. The smallest absolute Gasteiger partial charge is 0.254 e. The monoisotopic (exact) mass is 358 g/mol. The number of carbonyl (C=O) groups excluding carboxylic acids is 1. The number of nitrogens with zero attached hydrogens (tertiary/aromatic N) is 2. The Bertz CT molecular complexity index is 1070. The van der Waals surface area contributed by atoms with E-state index in [9.17, 15) is 9.90 Å². The van der Waals surface area contributed by atoms with Crippen LogP contribution in [0.2, 0.25) is 0 Å². The van der Waals surface area contributed by atoms with Gasteiger partial charge in [0.05, 0.1) is 5.52 Å². The minimum Gasteiger partial charge on any atom is -0.508 e. The third-order valence-corrected chi connectivity index (χ3v) is 5.29. The fourth-order valence-electron chi connectivity index (χ4n) is 3.69. The van der Waals surface area contributed by atoms with Gasteiger partial charge in [-0.25, -0.2) is 0 Å². The first-order chi connectivity index (χ1) is 13.0. The molecule has 0 saturated carbocycles. The zero-order valence-corrected chi connectivity index (χ0v) is 15.6. The topological polar surface area (TPSA) is 53.4 Å². The number of fused-ring (bicyclic) bond motifs is 1. The Morgan fingerprint density at radius 1 is 1.15 bits per heavy atom. The minimum atomic E-state index is 0.0295. The summed E-state index contributed by atoms with van der Waals surface area (Å²) in [6.45, 7) is 5.30. The van der Waals surface area contributed by atoms with Gasteiger partial charge in [-0.3, -0.25) is 9.78 Å². The molecule has 0 spiro atoms. The van der Waals surface area contributed by atoms with E-state index in [-0.39, 0.29) is 11.7 Å². The molecule has 27 heavy (non-hydrogen) atoms. The van der Waals surface area contributed by atoms with Crippen molar-refractivity contribution in [3.8, 4) is 5.75 Å². The first-order valence-electron chi connectivity index (χ1n) is 9.17. The van der Waals surface area contributed by atoms with Crippen molar-refractivity contribution in [2.75, 3.05) is 13.1 Å². The second-order valence-corrected chi connectivity index (χ2v) is 7.06. The minimum absolute atomic E-state index is 0.0295. The van der Waals surface area contributed by atoms with Crippen molar-refractivity contribution >= 4 is 22.4 Å². The van der Waals surface area contributed by atoms with Crippen molar-refractivity contribution in [2.45, 2.75) is 20.3 Å². The number of phenolic OH excluding ortho intramolecular Hbond substituents is 1. The quantitative estimate of drug-likeness (QED) is 0.734. The predicted molar refractivity (Wildman–Crippen MR) is 108 cm³/mol. The fraction of sp³-hybridized carbons (Fsp3) is 0.217. The maximum atomic E-state index is 13.3. The molecule has 2 heterocycles. The number of hydrogen-bond donors (Lipinski definition) is 1. The van der Waals surface area contributed by atoms with Gasteiger partial charge >= 0.3 is 0 Å². The van der Waals surface area contributed by atoms with Crippen molar-refractivity contribution in [1.29, 1.82) is 0 Å². The van der Waals surface area contributed by atoms with Gasteiger partial charge in [-0.15, -0.1) is 0 Å². The van der Waals surface area contributed by atoms with Crippen LogP contribution in [0.25, 0.3) is 16.5 Å². The van der Waals surface area contributed by atoms with Crippen LogP contribution in [0.15, 0.2) is 54.7 Å². The summed E-state index contributed by atoms with van der Waals surface area (Å²) in [5.74, 6) is 0.268. The fourth-order valence-corrected chi connectivity index (χ4v) is 3.69. The van der Waals surface area contributed by atoms with Crippen LogP contribution < -0.4 is 0 Å². The summed E-state index contributed by atoms with van der Waals surface area (Å²) in [5.41, 5.74) is 5.81. The molecule has 3 aromatic rings. The van der Waals surface area contributed by atoms with Crippen molar-refractivity contribution < 1.29 is 9.90 Å². The van der Waals surface area contributed by atoms with Crippen LogP contribution in [0.1, 0.15) is 33.5 Å². The molecule has 0 unspecified atom stereocenters. The van der Waals surface area contributed by atoms with E-state index in [0.29, 0.717) is 18.7 Å². The van der Waals surface area contributed by atoms with Crippen LogP contribution in [-0.4, -0.2) is 34.0 Å². The lowest BCUT2D eigenvalue weighted by Crippen LogP contribution is -2.35. The number of aromatic nitrogens is 1. The second kappa shape index (κ2) is 6.88. The molecule has 1 amide bonds. The van der Waals surface area contributed by atoms with Crippen molar-refractivity contribution in [3.05, 3.63) is 77.0 Å². The van der Waals surface area contributed by atoms with E-state index in [2.05, 4.69) is 11.1 Å². The van der Waals surface area contributed by atoms with Crippen LogP contribution >= 0.6 is 0 Å². The number of carbonyl (C=O) groups is 1. The number of rotatable bonds is 2. The second-order valence-electron chi connectivity index (χ2n) is 7.06. The number of aromatic hydroxyl groups is 1. The molecule has 4 heteroatoms. The van der Waals surface area contributed by atoms with E-state index < -0.39 is 0 Å². The Labute approximate surface area is 158 Å². The van der Waals surface area contributed by atoms with Gasteiger partial charge in [-0.2, -0.15) is 0 Å². The molecule has 0 aliphatic carbocycles. The Morgan fingerprint density at radius 2 is 2.00 bits per heavy atom. The molecular weight excluding hydrogens is 336 g/mol. The average molecular weight is 358 g/mol. The molecule has 0 radical (unpaired) electrons. The van der Waals surface area contributed by atoms with Gasteiger partial charge in [0.15, 0.2) is 0 Å². The number of pyridine rings is 1. The van der Waals surface area contributed by atoms with Gasteiger partial charge in [0, 0.05) is 30.2 Å². The lowest BCUT2D eigenvalue weighted by Gasteiger charge is -2.28. The van der Waals surface area contributed by atoms with Gasteiger partial charge in [-0.05, 0) is 66.8 Å². The first-order valence-corrected chi connectivity index (χ1v) is 9.17. The van der Waals surface area contributed by atoms with Crippen LogP contribution in [0.4, 0.5) is 0 Å². The van der Waals surface area contributed by atoms with Crippen molar-refractivity contribution in [2.24, 2.45) is 0 Å². The number of phenols is 1. The summed E-state index contributed by atoms with van der Waals surface area (Å²) < 4.78 is 0. The molecule has 1 N–H and O–H groups in total. The lowest BCUT2D eigenvalue weighted by molar-refractivity contribution is 0.0776. The van der Waals surface area contributed by atoms with Crippen molar-refractivity contribution in [3.63, 3.8) is 0 Å². The highest BCUT2D eigenvalue weighted by molar-refractivity contribution is 6.07. The molecule has 1 aromatic heterocycles. The normalized spacial score (nSPS) is 14.3. The maximum Gasteiger partial charge on any atom is 0.254 e. The van der Waals surface area contributed by atoms with Gasteiger partial charge in [0.2, 0.25) is 0 Å². The van der Waals surface area contributed by atoms with Crippen LogP contribution in [-0.2, 0) is 0 Å². The highest BCUT2D eigenvalue weighted by Gasteiger charge is 2.23. The molecular formula is C23H22N2O2. The standard InChI is InChI=1S/C23H22N2O2/c1-15-12-21(20-9-4-10-24-22(20)16(15)2)23(27)25-11-5-7-18(14-25)17-6-3-8-19(26)13-17/h3-4,6-10,12-13,26H,5,11,14H2,1-2H3. The van der Waals surface area contributed by atoms with E-state index >= 15 is 0 Å². The highest BCUT2D eigenvalue weighted by Crippen LogP contribution is 2.28. The van der Waals surface area contributed by atoms with Gasteiger partial charge in [0.1, 0.15) is 5.75 Å². The number of benzene rings is 2. The third kappa shape index (κ3) is 3.19. The van der Waals surface area contributed by atoms with E-state index in [4.69, 9.17) is 0 Å². The molecule has 2 aromatic carbocycles. The lowest BCUT2D eigenvalue weighted by atomic mass is 9.97. The summed E-state index contributed by atoms with van der Waals surface area (Å²) in [6, 6.07) is 13.0. The number of aryl methyl sites for hydroxylation is 2. The SMILES string of the molecule is Cc1cc(C(=O)N2CCC=C(c3cccc(O)c3)C2)c2cccnc2c1C. The Kier molecular flexibility index (Phi) is 4.40. The average Bonchev–Trinajstić information content (AvgIpc) is 2.70. The van der Waals surface area contributed by atoms with E-state index in [0.717, 1.165) is 39.6 Å². The molecule has 0 bridgehead atoms. The molecule has 0 atom stereocenters. The summed E-state index contributed by atoms with van der Waals surface area (Å²) in [7, 11) is 0. The molecule has 0 saturated heterocycles. The summed E-state index contributed by atoms with van der Waals surface area (Å²) >= 11 is 0. The molecule has 1 aliphatic rings. The van der Waals surface area contributed by atoms with Gasteiger partial charge in [0.25, 0.3) is 5.91 Å². The van der Waals surface area contributed by atoms with Crippen LogP contribution in [0, 0.1) is 13.8 Å². The van der Waals surface area contributed by atoms with Crippen LogP contribution in [0.3, 0.4) is 0 Å². The number of hydrogen-bond acceptors (Lipinski definition) is 3. The van der Waals surface area contributed by atoms with Crippen LogP contribution in [0.5, 0.6) is 5.75 Å². The third-order valence-electron chi connectivity index (χ3n) is 5.29. The van der Waals surface area contributed by atoms with E-state index in [1.807, 2.05) is 49.1 Å². The Hall–Kier alpha value is -3.14. The molecule has 1 aliphatic heterocycles. The maximum absolute atomic E-state index is 13.3. The molecule has 136 valence electrons. The molecule has 0 fully saturated rings. The summed E-state index contributed by atoms with van der Waals surface area (Å²) in [6.07, 6.45) is 4.73.